The number of ketones is 3. The molecule has 0 unspecified atom stereocenters. The number of nitrogens with two attached hydrogens (primary N) is 1. The van der Waals surface area contributed by atoms with Gasteiger partial charge in [-0.3, -0.25) is 14.4 Å². The van der Waals surface area contributed by atoms with E-state index in [0.717, 1.165) is 0 Å². The van der Waals surface area contributed by atoms with Crippen molar-refractivity contribution in [2.45, 2.75) is 44.6 Å². The van der Waals surface area contributed by atoms with Gasteiger partial charge in [-0.15, -0.1) is 0 Å². The van der Waals surface area contributed by atoms with Gasteiger partial charge in [0.05, 0.1) is 5.56 Å². The summed E-state index contributed by atoms with van der Waals surface area (Å²) >= 11 is 0. The lowest BCUT2D eigenvalue weighted by molar-refractivity contribution is -0.147. The number of Topliss-reactive ketones (excluding diaryl/α,β-unsaturated/α-hetero) is 3. The number of benzene rings is 2. The number of carbonyl (C=O) groups is 4. The summed E-state index contributed by atoms with van der Waals surface area (Å²) in [5.41, 5.74) is 3.30. The molecule has 5 rings (SSSR count). The molecule has 10 heteroatoms. The molecule has 0 heterocycles. The van der Waals surface area contributed by atoms with E-state index in [1.807, 2.05) is 0 Å². The summed E-state index contributed by atoms with van der Waals surface area (Å²) in [4.78, 5) is 49.7. The van der Waals surface area contributed by atoms with Crippen LogP contribution in [-0.4, -0.2) is 49.3 Å². The molecule has 9 nitrogen and oxygen atoms in total. The third kappa shape index (κ3) is 3.94. The fourth-order valence-corrected chi connectivity index (χ4v) is 6.13. The van der Waals surface area contributed by atoms with E-state index in [4.69, 9.17) is 5.73 Å². The highest BCUT2D eigenvalue weighted by atomic mass is 19.1. The number of aryl methyl sites for hydroxylation is 1. The van der Waals surface area contributed by atoms with Crippen molar-refractivity contribution in [1.29, 1.82) is 0 Å². The number of primary amides is 1. The Morgan fingerprint density at radius 3 is 2.38 bits per heavy atom. The maximum atomic E-state index is 13.7. The molecular weight excluding hydrogens is 509 g/mol. The predicted molar refractivity (Wildman–Crippen MR) is 136 cm³/mol. The molecule has 39 heavy (non-hydrogen) atoms. The first-order chi connectivity index (χ1) is 18.4. The van der Waals surface area contributed by atoms with E-state index in [0.29, 0.717) is 22.3 Å². The summed E-state index contributed by atoms with van der Waals surface area (Å²) in [6.07, 6.45) is -0.0807. The normalized spacial score (nSPS) is 24.3. The molecule has 3 atom stereocenters. The van der Waals surface area contributed by atoms with Gasteiger partial charge in [0.15, 0.2) is 11.4 Å². The van der Waals surface area contributed by atoms with Crippen LogP contribution in [0.3, 0.4) is 0 Å². The van der Waals surface area contributed by atoms with Gasteiger partial charge in [-0.2, -0.15) is 0 Å². The fourth-order valence-electron chi connectivity index (χ4n) is 6.13. The zero-order valence-corrected chi connectivity index (χ0v) is 21.0. The van der Waals surface area contributed by atoms with Gasteiger partial charge < -0.3 is 31.0 Å². The van der Waals surface area contributed by atoms with Crippen LogP contribution in [0.1, 0.15) is 42.9 Å². The average molecular weight is 536 g/mol. The molecule has 0 saturated heterocycles. The molecule has 202 valence electrons. The van der Waals surface area contributed by atoms with Crippen LogP contribution in [-0.2, 0) is 32.0 Å². The summed E-state index contributed by atoms with van der Waals surface area (Å²) in [5.74, 6) is -7.66. The quantitative estimate of drug-likeness (QED) is 0.363. The highest BCUT2D eigenvalue weighted by molar-refractivity contribution is 6.22. The Labute approximate surface area is 222 Å². The number of aliphatic hydroxyl groups is 3. The first-order valence-electron chi connectivity index (χ1n) is 12.5. The van der Waals surface area contributed by atoms with Crippen LogP contribution in [0, 0.1) is 17.7 Å². The lowest BCUT2D eigenvalue weighted by Crippen LogP contribution is -2.58. The highest BCUT2D eigenvalue weighted by Gasteiger charge is 2.60. The number of halogens is 1. The third-order valence-corrected chi connectivity index (χ3v) is 8.04. The van der Waals surface area contributed by atoms with Gasteiger partial charge in [-0.25, -0.2) is 4.39 Å². The zero-order valence-electron chi connectivity index (χ0n) is 21.0. The number of carbonyl (C=O) groups excluding carboxylic acids is 4. The number of aromatic hydroxyl groups is 1. The largest absolute Gasteiger partial charge is 0.508 e. The molecule has 0 aromatic heterocycles. The molecule has 1 amide bonds. The van der Waals surface area contributed by atoms with E-state index >= 15 is 0 Å². The van der Waals surface area contributed by atoms with E-state index in [1.54, 1.807) is 6.07 Å². The molecule has 0 aliphatic heterocycles. The number of amides is 1. The van der Waals surface area contributed by atoms with Crippen molar-refractivity contribution < 1.29 is 44.0 Å². The zero-order chi connectivity index (χ0) is 28.4. The maximum Gasteiger partial charge on any atom is 0.255 e. The Kier molecular flexibility index (Phi) is 6.18. The van der Waals surface area contributed by atoms with Crippen molar-refractivity contribution in [3.63, 3.8) is 0 Å². The molecule has 6 N–H and O–H groups in total. The number of hydrogen-bond acceptors (Lipinski definition) is 8. The Bertz CT molecular complexity index is 1540. The second kappa shape index (κ2) is 9.16. The number of aliphatic hydroxyl groups excluding tert-OH is 2. The monoisotopic (exact) mass is 535 g/mol. The molecule has 0 spiro atoms. The van der Waals surface area contributed by atoms with Gasteiger partial charge in [0, 0.05) is 24.3 Å². The van der Waals surface area contributed by atoms with Gasteiger partial charge in [0.1, 0.15) is 34.4 Å². The van der Waals surface area contributed by atoms with Crippen LogP contribution in [0.5, 0.6) is 5.75 Å². The third-order valence-electron chi connectivity index (χ3n) is 8.04. The smallest absolute Gasteiger partial charge is 0.255 e. The second-order valence-electron chi connectivity index (χ2n) is 10.4. The van der Waals surface area contributed by atoms with Gasteiger partial charge in [0.2, 0.25) is 5.78 Å². The van der Waals surface area contributed by atoms with Crippen LogP contribution in [0.25, 0.3) is 16.9 Å². The second-order valence-corrected chi connectivity index (χ2v) is 10.4. The molecule has 1 fully saturated rings. The number of hydrogen-bond donors (Lipinski definition) is 5. The first kappa shape index (κ1) is 26.3. The van der Waals surface area contributed by atoms with Crippen molar-refractivity contribution in [1.82, 2.24) is 0 Å². The minimum Gasteiger partial charge on any atom is -0.508 e. The Hall–Kier alpha value is -4.31. The van der Waals surface area contributed by atoms with Crippen LogP contribution in [0.2, 0.25) is 0 Å². The summed E-state index contributed by atoms with van der Waals surface area (Å²) in [7, 11) is 0. The summed E-state index contributed by atoms with van der Waals surface area (Å²) < 4.78 is 13.7. The van der Waals surface area contributed by atoms with Gasteiger partial charge >= 0.3 is 0 Å². The van der Waals surface area contributed by atoms with Crippen molar-refractivity contribution in [3.8, 4) is 16.9 Å². The van der Waals surface area contributed by atoms with Crippen molar-refractivity contribution in [2.24, 2.45) is 17.6 Å². The molecule has 3 aliphatic carbocycles. The molecule has 0 radical (unpaired) electrons. The summed E-state index contributed by atoms with van der Waals surface area (Å²) in [6.45, 7) is 1.40. The van der Waals surface area contributed by atoms with Crippen LogP contribution in [0.4, 0.5) is 4.39 Å². The van der Waals surface area contributed by atoms with Crippen molar-refractivity contribution in [2.75, 3.05) is 0 Å². The van der Waals surface area contributed by atoms with E-state index in [9.17, 15) is 44.0 Å². The van der Waals surface area contributed by atoms with E-state index in [-0.39, 0.29) is 48.4 Å². The molecule has 1 saturated carbocycles. The number of fused-ring (bicyclic) bond motifs is 3. The minimum atomic E-state index is -2.66. The summed E-state index contributed by atoms with van der Waals surface area (Å²) in [5, 5.41) is 44.8. The lowest BCUT2D eigenvalue weighted by atomic mass is 9.59. The first-order valence-corrected chi connectivity index (χ1v) is 12.5. The SMILES string of the molecule is CC(=O)CCc1cc(-c2ccc(F)cc2)c2c(c1O)C(O)=C1C(=O)[C@]3(O)C(O)=C(C(N)=O)C(=O)C[C@@H]3C[C@@H]1C2. The number of phenols is 1. The standard InChI is InChI=1S/C29H26FNO8/c1-12(32)2-3-14-9-18(13-4-6-17(30)7-5-13)19-10-15-8-16-11-20(33)23(28(31)38)27(37)29(16,39)26(36)21(15)25(35)22(19)24(14)34/h4-7,9,15-16,34-35,37,39H,2-3,8,10-11H2,1H3,(H2,31,38)/t15-,16+,29+/m1/s1. The minimum absolute atomic E-state index is 0.00137. The Morgan fingerprint density at radius 2 is 1.77 bits per heavy atom. The van der Waals surface area contributed by atoms with E-state index in [2.05, 4.69) is 0 Å². The summed E-state index contributed by atoms with van der Waals surface area (Å²) in [6, 6.07) is 7.26. The van der Waals surface area contributed by atoms with Crippen molar-refractivity contribution in [3.05, 3.63) is 69.7 Å². The van der Waals surface area contributed by atoms with Crippen molar-refractivity contribution >= 4 is 29.0 Å². The van der Waals surface area contributed by atoms with Crippen LogP contribution < -0.4 is 5.73 Å². The topological polar surface area (TPSA) is 175 Å². The fraction of sp³-hybridized carbons (Fsp3) is 0.310. The maximum absolute atomic E-state index is 13.7. The molecular formula is C29H26FNO8. The van der Waals surface area contributed by atoms with Crippen LogP contribution in [0.15, 0.2) is 47.2 Å². The van der Waals surface area contributed by atoms with Gasteiger partial charge in [-0.05, 0) is 72.6 Å². The molecule has 2 aromatic rings. The molecule has 0 bridgehead atoms. The highest BCUT2D eigenvalue weighted by Crippen LogP contribution is 2.53. The van der Waals surface area contributed by atoms with Crippen LogP contribution >= 0.6 is 0 Å². The molecule has 2 aromatic carbocycles. The predicted octanol–water partition coefficient (Wildman–Crippen LogP) is 2.75. The van der Waals surface area contributed by atoms with E-state index < -0.39 is 64.2 Å². The van der Waals surface area contributed by atoms with Gasteiger partial charge in [0.25, 0.3) is 5.91 Å². The molecule has 3 aliphatic rings. The Morgan fingerprint density at radius 1 is 1.10 bits per heavy atom. The number of rotatable bonds is 5. The lowest BCUT2D eigenvalue weighted by Gasteiger charge is -2.46. The Balaban J connectivity index is 1.74. The number of phenolic OH excluding ortho intramolecular Hbond substituents is 1. The van der Waals surface area contributed by atoms with Gasteiger partial charge in [-0.1, -0.05) is 12.1 Å². The van der Waals surface area contributed by atoms with E-state index in [1.165, 1.54) is 31.2 Å². The average Bonchev–Trinajstić information content (AvgIpc) is 2.86.